The molecule has 1 amide bonds. The highest BCUT2D eigenvalue weighted by Crippen LogP contribution is 2.52. The minimum absolute atomic E-state index is 0.0239. The average Bonchev–Trinajstić information content (AvgIpc) is 3.59. The van der Waals surface area contributed by atoms with E-state index in [0.717, 1.165) is 5.56 Å². The molecule has 11 heteroatoms. The number of carbonyl (C=O) groups is 1. The minimum atomic E-state index is -0.593. The van der Waals surface area contributed by atoms with Crippen molar-refractivity contribution in [2.24, 2.45) is 10.3 Å². The highest BCUT2D eigenvalue weighted by atomic mass is 19.1. The number of rotatable bonds is 8. The van der Waals surface area contributed by atoms with Gasteiger partial charge in [-0.05, 0) is 29.8 Å². The number of nitrogens with one attached hydrogen (secondary N) is 1. The fourth-order valence-corrected chi connectivity index (χ4v) is 4.35. The number of benzene rings is 3. The maximum Gasteiger partial charge on any atom is 0.275 e. The monoisotopic (exact) mass is 521 g/mol. The lowest BCUT2D eigenvalue weighted by molar-refractivity contribution is 0.0852. The lowest BCUT2D eigenvalue weighted by Crippen LogP contribution is -2.18. The number of ether oxygens (including phenoxy) is 4. The summed E-state index contributed by atoms with van der Waals surface area (Å²) in [6.45, 7) is -0.0239. The summed E-state index contributed by atoms with van der Waals surface area (Å²) in [6.07, 6.45) is 1.82. The molecule has 0 aromatic heterocycles. The Kier molecular flexibility index (Phi) is 6.98. The second-order valence-corrected chi connectivity index (χ2v) is 8.42. The standard InChI is InChI=1S/C27H24FN3O7/c1-34-23-19(11-17-12-21(31-38-17)15-7-9-16(28)10-8-15)20(24(35-2)26-25(23)36-14-37-26)13-29-30-27(33)18-5-3-4-6-22(18)32/h3-10,13,17,32H,11-12,14H2,1-2H3,(H,30,33)/b29-13-/t17-/m0/s1. The SMILES string of the molecule is COc1c(/C=N\NC(=O)c2ccccc2O)c(C[C@H]2CC(c3ccc(F)cc3)=NO2)c(OC)c2c1OCO2. The minimum Gasteiger partial charge on any atom is -0.507 e. The molecule has 3 aromatic rings. The number of phenols is 1. The Morgan fingerprint density at radius 3 is 2.55 bits per heavy atom. The lowest BCUT2D eigenvalue weighted by atomic mass is 9.95. The number of fused-ring (bicyclic) bond motifs is 1. The Morgan fingerprint density at radius 2 is 1.84 bits per heavy atom. The van der Waals surface area contributed by atoms with Gasteiger partial charge in [0.2, 0.25) is 18.3 Å². The topological polar surface area (TPSA) is 120 Å². The van der Waals surface area contributed by atoms with Crippen LogP contribution in [0.4, 0.5) is 4.39 Å². The van der Waals surface area contributed by atoms with Crippen LogP contribution < -0.4 is 24.4 Å². The molecule has 3 aromatic carbocycles. The van der Waals surface area contributed by atoms with Crippen LogP contribution in [0.25, 0.3) is 0 Å². The van der Waals surface area contributed by atoms with Crippen molar-refractivity contribution in [3.8, 4) is 28.7 Å². The number of phenolic OH excluding ortho intramolecular Hbond substituents is 1. The molecule has 0 radical (unpaired) electrons. The summed E-state index contributed by atoms with van der Waals surface area (Å²) in [4.78, 5) is 18.2. The quantitative estimate of drug-likeness (QED) is 0.342. The Labute approximate surface area is 217 Å². The molecule has 0 aliphatic carbocycles. The first kappa shape index (κ1) is 24.9. The van der Waals surface area contributed by atoms with E-state index in [1.54, 1.807) is 24.3 Å². The van der Waals surface area contributed by atoms with Gasteiger partial charge in [0.25, 0.3) is 5.91 Å². The van der Waals surface area contributed by atoms with Gasteiger partial charge in [-0.15, -0.1) is 0 Å². The van der Waals surface area contributed by atoms with Gasteiger partial charge in [0.1, 0.15) is 17.7 Å². The number of methoxy groups -OCH3 is 2. The predicted octanol–water partition coefficient (Wildman–Crippen LogP) is 3.78. The van der Waals surface area contributed by atoms with Crippen molar-refractivity contribution < 1.29 is 38.1 Å². The number of halogens is 1. The van der Waals surface area contributed by atoms with Crippen LogP contribution in [0.5, 0.6) is 28.7 Å². The third-order valence-electron chi connectivity index (χ3n) is 6.13. The van der Waals surface area contributed by atoms with E-state index in [4.69, 9.17) is 23.8 Å². The van der Waals surface area contributed by atoms with Crippen LogP contribution in [0.3, 0.4) is 0 Å². The molecule has 5 rings (SSSR count). The molecule has 0 saturated carbocycles. The molecular formula is C27H24FN3O7. The number of hydrogen-bond donors (Lipinski definition) is 2. The fraction of sp³-hybridized carbons (Fsp3) is 0.222. The molecule has 196 valence electrons. The largest absolute Gasteiger partial charge is 0.507 e. The molecule has 0 saturated heterocycles. The summed E-state index contributed by atoms with van der Waals surface area (Å²) in [5.74, 6) is 0.379. The van der Waals surface area contributed by atoms with E-state index in [0.29, 0.717) is 52.7 Å². The van der Waals surface area contributed by atoms with E-state index in [9.17, 15) is 14.3 Å². The highest BCUT2D eigenvalue weighted by Gasteiger charge is 2.33. The number of aromatic hydroxyl groups is 1. The summed E-state index contributed by atoms with van der Waals surface area (Å²) < 4.78 is 36.0. The van der Waals surface area contributed by atoms with Crippen LogP contribution >= 0.6 is 0 Å². The number of amides is 1. The van der Waals surface area contributed by atoms with Crippen molar-refractivity contribution in [3.05, 3.63) is 76.6 Å². The number of carbonyl (C=O) groups excluding carboxylic acids is 1. The van der Waals surface area contributed by atoms with Crippen molar-refractivity contribution in [3.63, 3.8) is 0 Å². The van der Waals surface area contributed by atoms with E-state index in [1.807, 2.05) is 0 Å². The molecule has 0 fully saturated rings. The van der Waals surface area contributed by atoms with Crippen LogP contribution in [0.15, 0.2) is 58.8 Å². The number of para-hydroxylation sites is 1. The predicted molar refractivity (Wildman–Crippen MR) is 135 cm³/mol. The second-order valence-electron chi connectivity index (χ2n) is 8.42. The van der Waals surface area contributed by atoms with E-state index >= 15 is 0 Å². The van der Waals surface area contributed by atoms with Crippen LogP contribution in [-0.2, 0) is 11.3 Å². The summed E-state index contributed by atoms with van der Waals surface area (Å²) in [5.41, 5.74) is 5.05. The fourth-order valence-electron chi connectivity index (χ4n) is 4.35. The third-order valence-corrected chi connectivity index (χ3v) is 6.13. The van der Waals surface area contributed by atoms with Gasteiger partial charge in [0.05, 0.1) is 31.7 Å². The first-order valence-corrected chi connectivity index (χ1v) is 11.7. The van der Waals surface area contributed by atoms with Crippen molar-refractivity contribution in [1.29, 1.82) is 0 Å². The third kappa shape index (κ3) is 4.77. The summed E-state index contributed by atoms with van der Waals surface area (Å²) >= 11 is 0. The van der Waals surface area contributed by atoms with Crippen molar-refractivity contribution in [2.75, 3.05) is 21.0 Å². The van der Waals surface area contributed by atoms with Crippen molar-refractivity contribution in [2.45, 2.75) is 18.9 Å². The molecule has 0 unspecified atom stereocenters. The van der Waals surface area contributed by atoms with E-state index < -0.39 is 5.91 Å². The van der Waals surface area contributed by atoms with Gasteiger partial charge in [-0.2, -0.15) is 5.10 Å². The number of nitrogens with zero attached hydrogens (tertiary/aromatic N) is 2. The number of hydrogen-bond acceptors (Lipinski definition) is 9. The van der Waals surface area contributed by atoms with Gasteiger partial charge in [-0.1, -0.05) is 29.4 Å². The van der Waals surface area contributed by atoms with Gasteiger partial charge in [-0.3, -0.25) is 4.79 Å². The molecule has 1 atom stereocenters. The number of hydrazone groups is 1. The summed E-state index contributed by atoms with van der Waals surface area (Å²) in [6, 6.07) is 12.2. The Balaban J connectivity index is 1.45. The van der Waals surface area contributed by atoms with Crippen LogP contribution in [0, 0.1) is 5.82 Å². The maximum atomic E-state index is 13.3. The average molecular weight is 522 g/mol. The van der Waals surface area contributed by atoms with Gasteiger partial charge >= 0.3 is 0 Å². The molecule has 2 heterocycles. The first-order chi connectivity index (χ1) is 18.5. The van der Waals surface area contributed by atoms with Gasteiger partial charge in [0, 0.05) is 24.0 Å². The second kappa shape index (κ2) is 10.7. The first-order valence-electron chi connectivity index (χ1n) is 11.7. The zero-order valence-electron chi connectivity index (χ0n) is 20.6. The number of oxime groups is 1. The Hall–Kier alpha value is -4.80. The maximum absolute atomic E-state index is 13.3. The van der Waals surface area contributed by atoms with Crippen LogP contribution in [0.2, 0.25) is 0 Å². The van der Waals surface area contributed by atoms with Crippen molar-refractivity contribution in [1.82, 2.24) is 5.43 Å². The van der Waals surface area contributed by atoms with E-state index in [-0.39, 0.29) is 30.0 Å². The zero-order chi connectivity index (χ0) is 26.6. The molecule has 2 N–H and O–H groups in total. The van der Waals surface area contributed by atoms with Crippen LogP contribution in [-0.4, -0.2) is 50.1 Å². The molecule has 0 bridgehead atoms. The molecular weight excluding hydrogens is 497 g/mol. The smallest absolute Gasteiger partial charge is 0.275 e. The van der Waals surface area contributed by atoms with E-state index in [1.165, 1.54) is 44.7 Å². The molecule has 10 nitrogen and oxygen atoms in total. The van der Waals surface area contributed by atoms with Gasteiger partial charge in [-0.25, -0.2) is 9.82 Å². The molecule has 2 aliphatic heterocycles. The summed E-state index contributed by atoms with van der Waals surface area (Å²) in [7, 11) is 2.98. The van der Waals surface area contributed by atoms with Gasteiger partial charge in [0.15, 0.2) is 11.5 Å². The Bertz CT molecular complexity index is 1420. The molecule has 2 aliphatic rings. The Morgan fingerprint density at radius 1 is 1.13 bits per heavy atom. The lowest BCUT2D eigenvalue weighted by Gasteiger charge is -2.19. The van der Waals surface area contributed by atoms with Gasteiger partial charge < -0.3 is 28.9 Å². The highest BCUT2D eigenvalue weighted by molar-refractivity contribution is 6.01. The summed E-state index contributed by atoms with van der Waals surface area (Å²) in [5, 5.41) is 18.2. The van der Waals surface area contributed by atoms with Crippen molar-refractivity contribution >= 4 is 17.8 Å². The molecule has 0 spiro atoms. The normalized spacial score (nSPS) is 15.8. The van der Waals surface area contributed by atoms with E-state index in [2.05, 4.69) is 15.7 Å². The molecule has 38 heavy (non-hydrogen) atoms. The zero-order valence-corrected chi connectivity index (χ0v) is 20.6. The van der Waals surface area contributed by atoms with Crippen LogP contribution in [0.1, 0.15) is 33.5 Å².